The second-order valence-electron chi connectivity index (χ2n) is 3.77. The highest BCUT2D eigenvalue weighted by molar-refractivity contribution is 9.10. The van der Waals surface area contributed by atoms with E-state index in [0.29, 0.717) is 0 Å². The molecule has 1 unspecified atom stereocenters. The molecular formula is C13H14BrN. The monoisotopic (exact) mass is 263 g/mol. The lowest BCUT2D eigenvalue weighted by molar-refractivity contribution is 0.700. The van der Waals surface area contributed by atoms with Crippen LogP contribution in [-0.4, -0.2) is 0 Å². The van der Waals surface area contributed by atoms with Gasteiger partial charge in [-0.1, -0.05) is 41.1 Å². The molecule has 2 aromatic rings. The van der Waals surface area contributed by atoms with Gasteiger partial charge in [-0.3, -0.25) is 0 Å². The molecule has 15 heavy (non-hydrogen) atoms. The summed E-state index contributed by atoms with van der Waals surface area (Å²) in [6, 6.07) is 12.9. The van der Waals surface area contributed by atoms with E-state index < -0.39 is 0 Å². The molecule has 0 saturated carbocycles. The fourth-order valence-corrected chi connectivity index (χ4v) is 2.08. The maximum absolute atomic E-state index is 6.01. The summed E-state index contributed by atoms with van der Waals surface area (Å²) in [5.41, 5.74) is 7.22. The molecule has 2 N–H and O–H groups in total. The summed E-state index contributed by atoms with van der Waals surface area (Å²) in [7, 11) is 0. The van der Waals surface area contributed by atoms with Crippen molar-refractivity contribution in [2.45, 2.75) is 19.4 Å². The molecule has 0 amide bonds. The van der Waals surface area contributed by atoms with Crippen molar-refractivity contribution in [2.24, 2.45) is 5.73 Å². The Morgan fingerprint density at radius 1 is 1.13 bits per heavy atom. The zero-order valence-corrected chi connectivity index (χ0v) is 10.3. The SMILES string of the molecule is CCC(N)c1ccc2cc(Br)ccc2c1. The quantitative estimate of drug-likeness (QED) is 0.871. The Labute approximate surface area is 98.4 Å². The van der Waals surface area contributed by atoms with Gasteiger partial charge in [0.1, 0.15) is 0 Å². The maximum atomic E-state index is 6.01. The van der Waals surface area contributed by atoms with E-state index in [1.165, 1.54) is 16.3 Å². The summed E-state index contributed by atoms with van der Waals surface area (Å²) in [4.78, 5) is 0. The van der Waals surface area contributed by atoms with Crippen LogP contribution >= 0.6 is 15.9 Å². The molecule has 0 saturated heterocycles. The molecule has 0 aliphatic heterocycles. The van der Waals surface area contributed by atoms with Crippen LogP contribution in [0.25, 0.3) is 10.8 Å². The summed E-state index contributed by atoms with van der Waals surface area (Å²) < 4.78 is 1.11. The molecule has 0 fully saturated rings. The van der Waals surface area contributed by atoms with Crippen LogP contribution < -0.4 is 5.73 Å². The van der Waals surface area contributed by atoms with E-state index in [1.807, 2.05) is 0 Å². The number of nitrogens with two attached hydrogens (primary N) is 1. The molecule has 0 radical (unpaired) electrons. The molecule has 0 aliphatic carbocycles. The van der Waals surface area contributed by atoms with Crippen LogP contribution in [0.1, 0.15) is 24.9 Å². The highest BCUT2D eigenvalue weighted by Gasteiger charge is 2.03. The van der Waals surface area contributed by atoms with Gasteiger partial charge in [0.25, 0.3) is 0 Å². The Bertz CT molecular complexity index is 479. The second kappa shape index (κ2) is 4.33. The minimum absolute atomic E-state index is 0.151. The Balaban J connectivity index is 2.52. The van der Waals surface area contributed by atoms with Gasteiger partial charge in [0.05, 0.1) is 0 Å². The fourth-order valence-electron chi connectivity index (χ4n) is 1.70. The van der Waals surface area contributed by atoms with Crippen LogP contribution in [0.5, 0.6) is 0 Å². The smallest absolute Gasteiger partial charge is 0.0292 e. The van der Waals surface area contributed by atoms with Gasteiger partial charge in [-0.2, -0.15) is 0 Å². The Morgan fingerprint density at radius 3 is 2.53 bits per heavy atom. The molecule has 0 heterocycles. The first-order valence-electron chi connectivity index (χ1n) is 5.15. The Hall–Kier alpha value is -0.860. The normalized spacial score (nSPS) is 13.0. The molecular weight excluding hydrogens is 250 g/mol. The van der Waals surface area contributed by atoms with E-state index in [9.17, 15) is 0 Å². The highest BCUT2D eigenvalue weighted by Crippen LogP contribution is 2.23. The zero-order valence-electron chi connectivity index (χ0n) is 8.70. The van der Waals surface area contributed by atoms with Gasteiger partial charge in [-0.15, -0.1) is 0 Å². The first-order valence-corrected chi connectivity index (χ1v) is 5.95. The van der Waals surface area contributed by atoms with E-state index >= 15 is 0 Å². The molecule has 2 heteroatoms. The van der Waals surface area contributed by atoms with Crippen molar-refractivity contribution in [3.63, 3.8) is 0 Å². The number of hydrogen-bond acceptors (Lipinski definition) is 1. The van der Waals surface area contributed by atoms with Gasteiger partial charge in [0, 0.05) is 10.5 Å². The molecule has 2 aromatic carbocycles. The summed E-state index contributed by atoms with van der Waals surface area (Å²) in [6.07, 6.45) is 0.974. The second-order valence-corrected chi connectivity index (χ2v) is 4.68. The lowest BCUT2D eigenvalue weighted by Gasteiger charge is -2.10. The first kappa shape index (κ1) is 10.7. The molecule has 0 aromatic heterocycles. The van der Waals surface area contributed by atoms with Gasteiger partial charge in [-0.05, 0) is 41.0 Å². The van der Waals surface area contributed by atoms with Gasteiger partial charge >= 0.3 is 0 Å². The van der Waals surface area contributed by atoms with Crippen LogP contribution in [0, 0.1) is 0 Å². The van der Waals surface area contributed by atoms with Crippen LogP contribution in [0.3, 0.4) is 0 Å². The molecule has 0 aliphatic rings. The van der Waals surface area contributed by atoms with Crippen molar-refractivity contribution in [1.82, 2.24) is 0 Å². The van der Waals surface area contributed by atoms with Crippen molar-refractivity contribution in [2.75, 3.05) is 0 Å². The fraction of sp³-hybridized carbons (Fsp3) is 0.231. The van der Waals surface area contributed by atoms with Crippen LogP contribution in [-0.2, 0) is 0 Å². The molecule has 2 rings (SSSR count). The third-order valence-electron chi connectivity index (χ3n) is 2.69. The third-order valence-corrected chi connectivity index (χ3v) is 3.19. The molecule has 0 bridgehead atoms. The standard InChI is InChI=1S/C13H14BrN/c1-2-13(15)11-4-3-10-8-12(14)6-5-9(10)7-11/h3-8,13H,2,15H2,1H3. The maximum Gasteiger partial charge on any atom is 0.0292 e. The largest absolute Gasteiger partial charge is 0.324 e. The number of rotatable bonds is 2. The van der Waals surface area contributed by atoms with Crippen LogP contribution in [0.2, 0.25) is 0 Å². The van der Waals surface area contributed by atoms with Gasteiger partial charge in [-0.25, -0.2) is 0 Å². The Kier molecular flexibility index (Phi) is 3.08. The molecule has 0 spiro atoms. The van der Waals surface area contributed by atoms with Crippen molar-refractivity contribution in [3.8, 4) is 0 Å². The van der Waals surface area contributed by atoms with Crippen molar-refractivity contribution < 1.29 is 0 Å². The number of halogens is 1. The van der Waals surface area contributed by atoms with Gasteiger partial charge < -0.3 is 5.73 Å². The van der Waals surface area contributed by atoms with Crippen molar-refractivity contribution in [1.29, 1.82) is 0 Å². The summed E-state index contributed by atoms with van der Waals surface area (Å²) >= 11 is 3.47. The minimum Gasteiger partial charge on any atom is -0.324 e. The predicted octanol–water partition coefficient (Wildman–Crippen LogP) is 4.01. The van der Waals surface area contributed by atoms with Gasteiger partial charge in [0.15, 0.2) is 0 Å². The third kappa shape index (κ3) is 2.21. The highest BCUT2D eigenvalue weighted by atomic mass is 79.9. The molecule has 1 nitrogen and oxygen atoms in total. The lowest BCUT2D eigenvalue weighted by atomic mass is 10.0. The average Bonchev–Trinajstić information content (AvgIpc) is 2.27. The zero-order chi connectivity index (χ0) is 10.8. The Morgan fingerprint density at radius 2 is 1.80 bits per heavy atom. The first-order chi connectivity index (χ1) is 7.20. The summed E-state index contributed by atoms with van der Waals surface area (Å²) in [5, 5.41) is 2.50. The van der Waals surface area contributed by atoms with Crippen LogP contribution in [0.4, 0.5) is 0 Å². The number of hydrogen-bond donors (Lipinski definition) is 1. The van der Waals surface area contributed by atoms with Crippen LogP contribution in [0.15, 0.2) is 40.9 Å². The van der Waals surface area contributed by atoms with E-state index in [-0.39, 0.29) is 6.04 Å². The summed E-state index contributed by atoms with van der Waals surface area (Å²) in [6.45, 7) is 2.11. The predicted molar refractivity (Wildman–Crippen MR) is 68.9 cm³/mol. The summed E-state index contributed by atoms with van der Waals surface area (Å²) in [5.74, 6) is 0. The topological polar surface area (TPSA) is 26.0 Å². The van der Waals surface area contributed by atoms with E-state index in [2.05, 4.69) is 59.3 Å². The van der Waals surface area contributed by atoms with Gasteiger partial charge in [0.2, 0.25) is 0 Å². The number of fused-ring (bicyclic) bond motifs is 1. The molecule has 1 atom stereocenters. The van der Waals surface area contributed by atoms with Crippen molar-refractivity contribution >= 4 is 26.7 Å². The number of benzene rings is 2. The van der Waals surface area contributed by atoms with E-state index in [0.717, 1.165) is 10.9 Å². The van der Waals surface area contributed by atoms with Crippen molar-refractivity contribution in [3.05, 3.63) is 46.4 Å². The average molecular weight is 264 g/mol. The molecule has 78 valence electrons. The van der Waals surface area contributed by atoms with E-state index in [4.69, 9.17) is 5.73 Å². The minimum atomic E-state index is 0.151. The van der Waals surface area contributed by atoms with E-state index in [1.54, 1.807) is 0 Å². The lowest BCUT2D eigenvalue weighted by Crippen LogP contribution is -2.08.